The van der Waals surface area contributed by atoms with Gasteiger partial charge in [-0.25, -0.2) is 13.2 Å². The summed E-state index contributed by atoms with van der Waals surface area (Å²) in [4.78, 5) is 24.5. The van der Waals surface area contributed by atoms with Gasteiger partial charge in [0.05, 0.1) is 24.1 Å². The summed E-state index contributed by atoms with van der Waals surface area (Å²) in [5.41, 5.74) is 1.09. The van der Waals surface area contributed by atoms with Crippen molar-refractivity contribution in [1.82, 2.24) is 0 Å². The first kappa shape index (κ1) is 21.3. The van der Waals surface area contributed by atoms with E-state index >= 15 is 0 Å². The molecule has 156 valence electrons. The van der Waals surface area contributed by atoms with E-state index in [1.807, 2.05) is 30.3 Å². The number of nitrogens with zero attached hydrogens (tertiary/aromatic N) is 1. The second kappa shape index (κ2) is 8.96. The topological polar surface area (TPSA) is 92.8 Å². The van der Waals surface area contributed by atoms with Gasteiger partial charge in [0.15, 0.2) is 0 Å². The van der Waals surface area contributed by atoms with Crippen LogP contribution in [0.1, 0.15) is 17.3 Å². The third-order valence-corrected chi connectivity index (χ3v) is 5.51. The summed E-state index contributed by atoms with van der Waals surface area (Å²) in [5.74, 6) is -1.03. The highest BCUT2D eigenvalue weighted by atomic mass is 32.2. The van der Waals surface area contributed by atoms with Crippen molar-refractivity contribution in [3.05, 3.63) is 72.3 Å². The van der Waals surface area contributed by atoms with Gasteiger partial charge in [0.25, 0.3) is 0 Å². The number of sulfonamides is 1. The van der Waals surface area contributed by atoms with Gasteiger partial charge in [0, 0.05) is 11.1 Å². The normalized spacial score (nSPS) is 11.1. The summed E-state index contributed by atoms with van der Waals surface area (Å²) in [6.45, 7) is 1.54. The van der Waals surface area contributed by atoms with Gasteiger partial charge < -0.3 is 10.1 Å². The zero-order valence-corrected chi connectivity index (χ0v) is 17.5. The minimum atomic E-state index is -3.73. The fourth-order valence-corrected chi connectivity index (χ4v) is 3.94. The van der Waals surface area contributed by atoms with Gasteiger partial charge in [-0.3, -0.25) is 9.10 Å². The first-order valence-electron chi connectivity index (χ1n) is 9.32. The van der Waals surface area contributed by atoms with Crippen LogP contribution in [0.4, 0.5) is 11.4 Å². The predicted molar refractivity (Wildman–Crippen MR) is 117 cm³/mol. The van der Waals surface area contributed by atoms with Crippen molar-refractivity contribution in [3.8, 4) is 0 Å². The number of rotatable bonds is 7. The average molecular weight is 426 g/mol. The van der Waals surface area contributed by atoms with Crippen molar-refractivity contribution in [2.75, 3.05) is 29.0 Å². The Hall–Kier alpha value is -3.39. The summed E-state index contributed by atoms with van der Waals surface area (Å²) in [6, 6.07) is 18.9. The number of nitrogens with one attached hydrogen (secondary N) is 1. The molecule has 8 heteroatoms. The van der Waals surface area contributed by atoms with E-state index in [-0.39, 0.29) is 6.61 Å². The van der Waals surface area contributed by atoms with Crippen LogP contribution in [0.15, 0.2) is 66.7 Å². The zero-order chi connectivity index (χ0) is 21.7. The van der Waals surface area contributed by atoms with Crippen molar-refractivity contribution >= 4 is 44.0 Å². The SMILES string of the molecule is CCOC(=O)c1cccc(NC(=O)CN(c2cccc3ccccc23)S(C)(=O)=O)c1. The molecule has 30 heavy (non-hydrogen) atoms. The molecule has 0 saturated carbocycles. The standard InChI is InChI=1S/C22H22N2O5S/c1-3-29-22(26)17-10-6-11-18(14-17)23-21(25)15-24(30(2,27)28)20-13-7-9-16-8-4-5-12-19(16)20/h4-14H,3,15H2,1-2H3,(H,23,25). The molecule has 0 spiro atoms. The van der Waals surface area contributed by atoms with Crippen molar-refractivity contribution < 1.29 is 22.7 Å². The van der Waals surface area contributed by atoms with Crippen molar-refractivity contribution in [2.24, 2.45) is 0 Å². The molecule has 1 amide bonds. The van der Waals surface area contributed by atoms with Gasteiger partial charge in [0.2, 0.25) is 15.9 Å². The molecule has 0 saturated heterocycles. The summed E-state index contributed by atoms with van der Waals surface area (Å²) in [6.07, 6.45) is 1.06. The molecule has 3 rings (SSSR count). The van der Waals surface area contributed by atoms with Crippen molar-refractivity contribution in [1.29, 1.82) is 0 Å². The molecule has 0 heterocycles. The van der Waals surface area contributed by atoms with Crippen LogP contribution >= 0.6 is 0 Å². The first-order chi connectivity index (χ1) is 14.3. The van der Waals surface area contributed by atoms with Crippen LogP contribution in [0, 0.1) is 0 Å². The second-order valence-corrected chi connectivity index (χ2v) is 8.52. The Morgan fingerprint density at radius 1 is 1.00 bits per heavy atom. The first-order valence-corrected chi connectivity index (χ1v) is 11.2. The number of anilines is 2. The van der Waals surface area contributed by atoms with E-state index in [2.05, 4.69) is 5.32 Å². The fourth-order valence-electron chi connectivity index (χ4n) is 3.08. The Labute approximate surface area is 175 Å². The number of ether oxygens (including phenoxy) is 1. The van der Waals surface area contributed by atoms with Crippen LogP contribution in [0.2, 0.25) is 0 Å². The highest BCUT2D eigenvalue weighted by molar-refractivity contribution is 7.92. The lowest BCUT2D eigenvalue weighted by atomic mass is 10.1. The monoisotopic (exact) mass is 426 g/mol. The highest BCUT2D eigenvalue weighted by Crippen LogP contribution is 2.28. The summed E-state index contributed by atoms with van der Waals surface area (Å²) < 4.78 is 31.0. The van der Waals surface area contributed by atoms with Crippen LogP contribution in [-0.4, -0.2) is 39.7 Å². The molecule has 0 fully saturated rings. The van der Waals surface area contributed by atoms with E-state index in [9.17, 15) is 18.0 Å². The summed E-state index contributed by atoms with van der Waals surface area (Å²) >= 11 is 0. The molecule has 0 aliphatic carbocycles. The van der Waals surface area contributed by atoms with Gasteiger partial charge in [-0.1, -0.05) is 42.5 Å². The molecule has 0 atom stereocenters. The molecule has 0 unspecified atom stereocenters. The van der Waals surface area contributed by atoms with Gasteiger partial charge in [-0.15, -0.1) is 0 Å². The number of amides is 1. The maximum Gasteiger partial charge on any atom is 0.338 e. The number of carbonyl (C=O) groups excluding carboxylic acids is 2. The minimum absolute atomic E-state index is 0.240. The molecule has 7 nitrogen and oxygen atoms in total. The van der Waals surface area contributed by atoms with E-state index in [1.165, 1.54) is 6.07 Å². The number of esters is 1. The number of hydrogen-bond donors (Lipinski definition) is 1. The molecule has 0 aliphatic rings. The van der Waals surface area contributed by atoms with Crippen LogP contribution in [0.5, 0.6) is 0 Å². The van der Waals surface area contributed by atoms with Crippen molar-refractivity contribution in [2.45, 2.75) is 6.92 Å². The Kier molecular flexibility index (Phi) is 6.37. The van der Waals surface area contributed by atoms with Crippen molar-refractivity contribution in [3.63, 3.8) is 0 Å². The number of fused-ring (bicyclic) bond motifs is 1. The Bertz CT molecular complexity index is 1190. The lowest BCUT2D eigenvalue weighted by Gasteiger charge is -2.23. The molecule has 0 aliphatic heterocycles. The molecule has 0 radical (unpaired) electrons. The molecule has 3 aromatic rings. The van der Waals surface area contributed by atoms with Crippen LogP contribution in [-0.2, 0) is 19.6 Å². The van der Waals surface area contributed by atoms with E-state index in [0.717, 1.165) is 21.3 Å². The van der Waals surface area contributed by atoms with Crippen LogP contribution in [0.25, 0.3) is 10.8 Å². The number of carbonyl (C=O) groups is 2. The van der Waals surface area contributed by atoms with Gasteiger partial charge >= 0.3 is 5.97 Å². The number of hydrogen-bond acceptors (Lipinski definition) is 5. The Morgan fingerprint density at radius 2 is 1.70 bits per heavy atom. The third kappa shape index (κ3) is 4.96. The summed E-state index contributed by atoms with van der Waals surface area (Å²) in [7, 11) is -3.73. The smallest absolute Gasteiger partial charge is 0.338 e. The second-order valence-electron chi connectivity index (χ2n) is 6.62. The minimum Gasteiger partial charge on any atom is -0.462 e. The molecular weight excluding hydrogens is 404 g/mol. The Balaban J connectivity index is 1.86. The fraction of sp³-hybridized carbons (Fsp3) is 0.182. The quantitative estimate of drug-likeness (QED) is 0.585. The number of benzene rings is 3. The largest absolute Gasteiger partial charge is 0.462 e. The van der Waals surface area contributed by atoms with Gasteiger partial charge in [-0.05, 0) is 36.6 Å². The molecule has 0 aromatic heterocycles. The lowest BCUT2D eigenvalue weighted by molar-refractivity contribution is -0.114. The maximum absolute atomic E-state index is 12.7. The predicted octanol–water partition coefficient (Wildman–Crippen LogP) is 3.42. The molecule has 0 bridgehead atoms. The van der Waals surface area contributed by atoms with Crippen LogP contribution < -0.4 is 9.62 Å². The van der Waals surface area contributed by atoms with E-state index < -0.39 is 28.4 Å². The highest BCUT2D eigenvalue weighted by Gasteiger charge is 2.22. The van der Waals surface area contributed by atoms with E-state index in [4.69, 9.17) is 4.74 Å². The zero-order valence-electron chi connectivity index (χ0n) is 16.7. The van der Waals surface area contributed by atoms with Crippen LogP contribution in [0.3, 0.4) is 0 Å². The average Bonchev–Trinajstić information content (AvgIpc) is 2.71. The molecule has 1 N–H and O–H groups in total. The Morgan fingerprint density at radius 3 is 2.43 bits per heavy atom. The third-order valence-electron chi connectivity index (χ3n) is 4.38. The molecular formula is C22H22N2O5S. The van der Waals surface area contributed by atoms with E-state index in [0.29, 0.717) is 16.9 Å². The summed E-state index contributed by atoms with van der Waals surface area (Å²) in [5, 5.41) is 4.24. The lowest BCUT2D eigenvalue weighted by Crippen LogP contribution is -2.37. The van der Waals surface area contributed by atoms with E-state index in [1.54, 1.807) is 37.3 Å². The maximum atomic E-state index is 12.7. The molecule has 3 aromatic carbocycles. The van der Waals surface area contributed by atoms with Gasteiger partial charge in [0.1, 0.15) is 6.54 Å². The van der Waals surface area contributed by atoms with Gasteiger partial charge in [-0.2, -0.15) is 0 Å².